The maximum absolute atomic E-state index is 4.87. The van der Waals surface area contributed by atoms with Gasteiger partial charge in [0, 0.05) is 29.3 Å². The summed E-state index contributed by atoms with van der Waals surface area (Å²) >= 11 is 0. The van der Waals surface area contributed by atoms with Gasteiger partial charge in [-0.3, -0.25) is 0 Å². The van der Waals surface area contributed by atoms with Crippen LogP contribution < -0.4 is 5.32 Å². The van der Waals surface area contributed by atoms with Crippen LogP contribution in [-0.2, 0) is 0 Å². The van der Waals surface area contributed by atoms with E-state index in [0.29, 0.717) is 12.0 Å². The fourth-order valence-corrected chi connectivity index (χ4v) is 3.39. The SMILES string of the molecule is CCC(CC)c1cc(NC2CCCC2)n2ncc(C)c2n1. The van der Waals surface area contributed by atoms with Gasteiger partial charge < -0.3 is 5.32 Å². The third kappa shape index (κ3) is 2.76. The Morgan fingerprint density at radius 3 is 2.67 bits per heavy atom. The van der Waals surface area contributed by atoms with Gasteiger partial charge in [0.25, 0.3) is 0 Å². The molecule has 0 amide bonds. The highest BCUT2D eigenvalue weighted by atomic mass is 15.3. The Morgan fingerprint density at radius 2 is 2.00 bits per heavy atom. The van der Waals surface area contributed by atoms with Crippen LogP contribution in [0.3, 0.4) is 0 Å². The molecule has 1 aliphatic carbocycles. The fraction of sp³-hybridized carbons (Fsp3) is 0.647. The average molecular weight is 286 g/mol. The first-order chi connectivity index (χ1) is 10.2. The van der Waals surface area contributed by atoms with Gasteiger partial charge in [0.2, 0.25) is 0 Å². The predicted molar refractivity (Wildman–Crippen MR) is 86.9 cm³/mol. The lowest BCUT2D eigenvalue weighted by atomic mass is 9.99. The van der Waals surface area contributed by atoms with E-state index in [0.717, 1.165) is 29.9 Å². The summed E-state index contributed by atoms with van der Waals surface area (Å²) in [6.45, 7) is 6.58. The van der Waals surface area contributed by atoms with Crippen LogP contribution in [0, 0.1) is 6.92 Å². The van der Waals surface area contributed by atoms with Crippen molar-refractivity contribution in [3.05, 3.63) is 23.5 Å². The Labute approximate surface area is 127 Å². The van der Waals surface area contributed by atoms with Crippen molar-refractivity contribution >= 4 is 11.5 Å². The van der Waals surface area contributed by atoms with Crippen molar-refractivity contribution in [1.82, 2.24) is 14.6 Å². The van der Waals surface area contributed by atoms with E-state index >= 15 is 0 Å². The highest BCUT2D eigenvalue weighted by Gasteiger charge is 2.19. The van der Waals surface area contributed by atoms with Crippen molar-refractivity contribution in [3.8, 4) is 0 Å². The summed E-state index contributed by atoms with van der Waals surface area (Å²) in [5, 5.41) is 8.21. The predicted octanol–water partition coefficient (Wildman–Crippen LogP) is 4.30. The standard InChI is InChI=1S/C17H26N4/c1-4-13(5-2)15-10-16(19-14-8-6-7-9-14)21-17(20-15)12(3)11-18-21/h10-11,13-14,19H,4-9H2,1-3H3. The number of aromatic nitrogens is 3. The Kier molecular flexibility index (Phi) is 4.13. The Bertz CT molecular complexity index is 607. The van der Waals surface area contributed by atoms with Crippen LogP contribution in [-0.4, -0.2) is 20.6 Å². The molecule has 0 unspecified atom stereocenters. The van der Waals surface area contributed by atoms with Crippen molar-refractivity contribution in [2.24, 2.45) is 0 Å². The van der Waals surface area contributed by atoms with Crippen LogP contribution in [0.2, 0.25) is 0 Å². The van der Waals surface area contributed by atoms with Crippen LogP contribution in [0.25, 0.3) is 5.65 Å². The van der Waals surface area contributed by atoms with E-state index in [4.69, 9.17) is 4.98 Å². The molecule has 0 atom stereocenters. The zero-order chi connectivity index (χ0) is 14.8. The first-order valence-corrected chi connectivity index (χ1v) is 8.34. The molecule has 21 heavy (non-hydrogen) atoms. The van der Waals surface area contributed by atoms with Crippen LogP contribution in [0.15, 0.2) is 12.3 Å². The van der Waals surface area contributed by atoms with Crippen LogP contribution in [0.5, 0.6) is 0 Å². The Morgan fingerprint density at radius 1 is 1.29 bits per heavy atom. The number of nitrogens with one attached hydrogen (secondary N) is 1. The minimum Gasteiger partial charge on any atom is -0.367 e. The number of hydrogen-bond donors (Lipinski definition) is 1. The van der Waals surface area contributed by atoms with E-state index in [1.165, 1.54) is 31.4 Å². The molecule has 0 aromatic carbocycles. The van der Waals surface area contributed by atoms with Gasteiger partial charge in [0.15, 0.2) is 5.65 Å². The molecule has 1 saturated carbocycles. The lowest BCUT2D eigenvalue weighted by Crippen LogP contribution is -2.18. The number of nitrogens with zero attached hydrogens (tertiary/aromatic N) is 3. The minimum atomic E-state index is 0.536. The monoisotopic (exact) mass is 286 g/mol. The van der Waals surface area contributed by atoms with Crippen molar-refractivity contribution in [3.63, 3.8) is 0 Å². The molecule has 4 nitrogen and oxygen atoms in total. The molecule has 4 heteroatoms. The summed E-state index contributed by atoms with van der Waals surface area (Å²) in [6.07, 6.45) is 9.39. The van der Waals surface area contributed by atoms with E-state index in [1.54, 1.807) is 0 Å². The summed E-state index contributed by atoms with van der Waals surface area (Å²) in [7, 11) is 0. The molecule has 2 aromatic heterocycles. The van der Waals surface area contributed by atoms with E-state index in [9.17, 15) is 0 Å². The molecule has 3 rings (SSSR count). The number of rotatable bonds is 5. The number of fused-ring (bicyclic) bond motifs is 1. The number of aryl methyl sites for hydroxylation is 1. The summed E-state index contributed by atoms with van der Waals surface area (Å²) in [6, 6.07) is 2.81. The molecule has 2 aromatic rings. The first kappa shape index (κ1) is 14.4. The van der Waals surface area contributed by atoms with Gasteiger partial charge >= 0.3 is 0 Å². The molecule has 1 N–H and O–H groups in total. The smallest absolute Gasteiger partial charge is 0.160 e. The molecule has 1 fully saturated rings. The third-order valence-electron chi connectivity index (χ3n) is 4.78. The lowest BCUT2D eigenvalue weighted by Gasteiger charge is -2.18. The van der Waals surface area contributed by atoms with Gasteiger partial charge in [0.05, 0.1) is 6.20 Å². The van der Waals surface area contributed by atoms with Crippen LogP contribution in [0.1, 0.15) is 69.5 Å². The molecule has 0 radical (unpaired) electrons. The summed E-state index contributed by atoms with van der Waals surface area (Å²) in [5.41, 5.74) is 3.36. The van der Waals surface area contributed by atoms with Crippen LogP contribution in [0.4, 0.5) is 5.82 Å². The van der Waals surface area contributed by atoms with Crippen molar-refractivity contribution in [2.75, 3.05) is 5.32 Å². The molecule has 0 saturated heterocycles. The van der Waals surface area contributed by atoms with Crippen molar-refractivity contribution in [2.45, 2.75) is 71.3 Å². The highest BCUT2D eigenvalue weighted by molar-refractivity contribution is 5.54. The zero-order valence-corrected chi connectivity index (χ0v) is 13.4. The van der Waals surface area contributed by atoms with Gasteiger partial charge in [-0.25, -0.2) is 4.98 Å². The summed E-state index contributed by atoms with van der Waals surface area (Å²) in [4.78, 5) is 4.87. The average Bonchev–Trinajstić information content (AvgIpc) is 3.11. The molecule has 1 aliphatic rings. The van der Waals surface area contributed by atoms with Crippen molar-refractivity contribution < 1.29 is 0 Å². The molecular formula is C17H26N4. The van der Waals surface area contributed by atoms with Gasteiger partial charge in [-0.15, -0.1) is 0 Å². The molecule has 2 heterocycles. The van der Waals surface area contributed by atoms with E-state index < -0.39 is 0 Å². The van der Waals surface area contributed by atoms with Gasteiger partial charge in [-0.2, -0.15) is 9.61 Å². The quantitative estimate of drug-likeness (QED) is 0.891. The maximum Gasteiger partial charge on any atom is 0.160 e. The normalized spacial score (nSPS) is 16.2. The second-order valence-corrected chi connectivity index (χ2v) is 6.27. The second-order valence-electron chi connectivity index (χ2n) is 6.27. The maximum atomic E-state index is 4.87. The van der Waals surface area contributed by atoms with E-state index in [1.807, 2.05) is 10.7 Å². The summed E-state index contributed by atoms with van der Waals surface area (Å²) in [5.74, 6) is 1.65. The third-order valence-corrected chi connectivity index (χ3v) is 4.78. The largest absolute Gasteiger partial charge is 0.367 e. The number of hydrogen-bond acceptors (Lipinski definition) is 3. The lowest BCUT2D eigenvalue weighted by molar-refractivity contribution is 0.621. The van der Waals surface area contributed by atoms with Gasteiger partial charge in [0.1, 0.15) is 5.82 Å². The Hall–Kier alpha value is -1.58. The molecule has 0 aliphatic heterocycles. The first-order valence-electron chi connectivity index (χ1n) is 8.34. The van der Waals surface area contributed by atoms with Gasteiger partial charge in [-0.05, 0) is 32.6 Å². The highest BCUT2D eigenvalue weighted by Crippen LogP contribution is 2.28. The van der Waals surface area contributed by atoms with Crippen molar-refractivity contribution in [1.29, 1.82) is 0 Å². The summed E-state index contributed by atoms with van der Waals surface area (Å²) < 4.78 is 1.97. The minimum absolute atomic E-state index is 0.536. The second kappa shape index (κ2) is 6.04. The Balaban J connectivity index is 2.02. The molecule has 0 bridgehead atoms. The topological polar surface area (TPSA) is 42.2 Å². The zero-order valence-electron chi connectivity index (χ0n) is 13.4. The van der Waals surface area contributed by atoms with Gasteiger partial charge in [-0.1, -0.05) is 26.7 Å². The number of anilines is 1. The van der Waals surface area contributed by atoms with E-state index in [2.05, 4.69) is 37.3 Å². The molecular weight excluding hydrogens is 260 g/mol. The van der Waals surface area contributed by atoms with Crippen LogP contribution >= 0.6 is 0 Å². The molecule has 0 spiro atoms. The molecule has 114 valence electrons. The van der Waals surface area contributed by atoms with E-state index in [-0.39, 0.29) is 0 Å². The fourth-order valence-electron chi connectivity index (χ4n) is 3.39.